The molecule has 0 saturated carbocycles. The number of nitrogens with two attached hydrogens (primary N) is 1. The first-order chi connectivity index (χ1) is 7.40. The number of nitrogens with one attached hydrogen (secondary N) is 1. The molecule has 0 aliphatic carbocycles. The zero-order valence-electron chi connectivity index (χ0n) is 10.2. The van der Waals surface area contributed by atoms with Gasteiger partial charge in [0.1, 0.15) is 0 Å². The zero-order valence-corrected chi connectivity index (χ0v) is 10.2. The van der Waals surface area contributed by atoms with Crippen molar-refractivity contribution in [1.82, 2.24) is 10.2 Å². The Labute approximate surface area is 96.4 Å². The number of likely N-dealkylation sites (tertiary alicyclic amines) is 1. The second-order valence-electron chi connectivity index (χ2n) is 4.89. The molecular weight excluding hydrogens is 206 g/mol. The second-order valence-corrected chi connectivity index (χ2v) is 4.89. The lowest BCUT2D eigenvalue weighted by molar-refractivity contribution is -0.134. The molecule has 1 rings (SSSR count). The van der Waals surface area contributed by atoms with Gasteiger partial charge in [-0.3, -0.25) is 9.59 Å². The van der Waals surface area contributed by atoms with E-state index < -0.39 is 5.41 Å². The topological polar surface area (TPSA) is 75.4 Å². The smallest absolute Gasteiger partial charge is 0.226 e. The monoisotopic (exact) mass is 227 g/mol. The van der Waals surface area contributed by atoms with Crippen molar-refractivity contribution < 1.29 is 9.59 Å². The average molecular weight is 227 g/mol. The highest BCUT2D eigenvalue weighted by Crippen LogP contribution is 2.30. The Hall–Kier alpha value is -1.10. The molecule has 16 heavy (non-hydrogen) atoms. The molecule has 0 aromatic heterocycles. The number of hydrogen-bond donors (Lipinski definition) is 2. The first-order valence-corrected chi connectivity index (χ1v) is 5.64. The van der Waals surface area contributed by atoms with E-state index in [-0.39, 0.29) is 17.7 Å². The molecule has 2 atom stereocenters. The quantitative estimate of drug-likeness (QED) is 0.684. The van der Waals surface area contributed by atoms with Gasteiger partial charge in [0.25, 0.3) is 0 Å². The molecule has 2 unspecified atom stereocenters. The van der Waals surface area contributed by atoms with E-state index in [1.807, 2.05) is 20.9 Å². The van der Waals surface area contributed by atoms with Gasteiger partial charge in [-0.2, -0.15) is 0 Å². The van der Waals surface area contributed by atoms with E-state index in [0.29, 0.717) is 26.1 Å². The standard InChI is InChI=1S/C11H21N3O2/c1-8(6-13-3)9(15)14-5-4-11(2,7-14)10(12)16/h8,13H,4-7H2,1-3H3,(H2,12,16). The number of hydrogen-bond acceptors (Lipinski definition) is 3. The number of carbonyl (C=O) groups is 2. The van der Waals surface area contributed by atoms with Gasteiger partial charge in [-0.1, -0.05) is 6.92 Å². The van der Waals surface area contributed by atoms with E-state index in [4.69, 9.17) is 5.73 Å². The highest BCUT2D eigenvalue weighted by Gasteiger charge is 2.41. The number of primary amides is 1. The lowest BCUT2D eigenvalue weighted by Crippen LogP contribution is -2.41. The number of rotatable bonds is 4. The summed E-state index contributed by atoms with van der Waals surface area (Å²) in [6.07, 6.45) is 0.667. The zero-order chi connectivity index (χ0) is 12.3. The van der Waals surface area contributed by atoms with Crippen LogP contribution < -0.4 is 11.1 Å². The van der Waals surface area contributed by atoms with Gasteiger partial charge in [-0.05, 0) is 20.4 Å². The lowest BCUT2D eigenvalue weighted by Gasteiger charge is -2.23. The van der Waals surface area contributed by atoms with Crippen LogP contribution in [0.5, 0.6) is 0 Å². The predicted octanol–water partition coefficient (Wildman–Crippen LogP) is -0.434. The predicted molar refractivity (Wildman–Crippen MR) is 61.6 cm³/mol. The summed E-state index contributed by atoms with van der Waals surface area (Å²) in [5, 5.41) is 2.98. The Morgan fingerprint density at radius 1 is 1.56 bits per heavy atom. The fraction of sp³-hybridized carbons (Fsp3) is 0.818. The maximum atomic E-state index is 12.0. The van der Waals surface area contributed by atoms with Crippen LogP contribution in [0.2, 0.25) is 0 Å². The highest BCUT2D eigenvalue weighted by molar-refractivity contribution is 5.84. The van der Waals surface area contributed by atoms with Gasteiger partial charge in [-0.25, -0.2) is 0 Å². The van der Waals surface area contributed by atoms with Crippen molar-refractivity contribution >= 4 is 11.8 Å². The molecule has 0 spiro atoms. The normalized spacial score (nSPS) is 26.8. The van der Waals surface area contributed by atoms with Crippen LogP contribution in [-0.2, 0) is 9.59 Å². The van der Waals surface area contributed by atoms with Crippen LogP contribution in [-0.4, -0.2) is 43.4 Å². The molecule has 1 heterocycles. The Morgan fingerprint density at radius 2 is 2.19 bits per heavy atom. The molecule has 2 amide bonds. The molecule has 5 nitrogen and oxygen atoms in total. The van der Waals surface area contributed by atoms with Crippen LogP contribution in [0.1, 0.15) is 20.3 Å². The molecule has 0 aromatic rings. The largest absolute Gasteiger partial charge is 0.369 e. The fourth-order valence-electron chi connectivity index (χ4n) is 2.06. The number of carbonyl (C=O) groups excluding carboxylic acids is 2. The van der Waals surface area contributed by atoms with Crippen LogP contribution >= 0.6 is 0 Å². The molecule has 1 aliphatic rings. The van der Waals surface area contributed by atoms with E-state index in [9.17, 15) is 9.59 Å². The van der Waals surface area contributed by atoms with Crippen molar-refractivity contribution in [1.29, 1.82) is 0 Å². The van der Waals surface area contributed by atoms with Crippen molar-refractivity contribution in [2.75, 3.05) is 26.7 Å². The third-order valence-corrected chi connectivity index (χ3v) is 3.31. The minimum absolute atomic E-state index is 0.0553. The van der Waals surface area contributed by atoms with Gasteiger partial charge in [0, 0.05) is 25.6 Å². The summed E-state index contributed by atoms with van der Waals surface area (Å²) in [7, 11) is 1.82. The van der Waals surface area contributed by atoms with Gasteiger partial charge < -0.3 is 16.0 Å². The van der Waals surface area contributed by atoms with Gasteiger partial charge in [0.05, 0.1) is 5.41 Å². The van der Waals surface area contributed by atoms with Crippen LogP contribution in [0, 0.1) is 11.3 Å². The van der Waals surface area contributed by atoms with Gasteiger partial charge >= 0.3 is 0 Å². The fourth-order valence-corrected chi connectivity index (χ4v) is 2.06. The molecule has 0 aromatic carbocycles. The van der Waals surface area contributed by atoms with Gasteiger partial charge in [0.2, 0.25) is 11.8 Å². The summed E-state index contributed by atoms with van der Waals surface area (Å²) in [4.78, 5) is 25.0. The summed E-state index contributed by atoms with van der Waals surface area (Å²) in [6, 6.07) is 0. The summed E-state index contributed by atoms with van der Waals surface area (Å²) in [5.74, 6) is -0.274. The van der Waals surface area contributed by atoms with Crippen molar-refractivity contribution in [2.24, 2.45) is 17.1 Å². The summed E-state index contributed by atoms with van der Waals surface area (Å²) >= 11 is 0. The minimum atomic E-state index is -0.547. The van der Waals surface area contributed by atoms with Crippen molar-refractivity contribution in [3.8, 4) is 0 Å². The molecule has 3 N–H and O–H groups in total. The van der Waals surface area contributed by atoms with Crippen LogP contribution in [0.25, 0.3) is 0 Å². The molecular formula is C11H21N3O2. The highest BCUT2D eigenvalue weighted by atomic mass is 16.2. The van der Waals surface area contributed by atoms with Crippen LogP contribution in [0.15, 0.2) is 0 Å². The van der Waals surface area contributed by atoms with Crippen molar-refractivity contribution in [2.45, 2.75) is 20.3 Å². The van der Waals surface area contributed by atoms with Crippen LogP contribution in [0.4, 0.5) is 0 Å². The summed E-state index contributed by atoms with van der Waals surface area (Å²) < 4.78 is 0. The van der Waals surface area contributed by atoms with Crippen LogP contribution in [0.3, 0.4) is 0 Å². The first kappa shape index (κ1) is 13.0. The molecule has 1 saturated heterocycles. The Morgan fingerprint density at radius 3 is 2.62 bits per heavy atom. The van der Waals surface area contributed by atoms with E-state index in [1.165, 1.54) is 0 Å². The molecule has 0 bridgehead atoms. The maximum Gasteiger partial charge on any atom is 0.226 e. The van der Waals surface area contributed by atoms with Gasteiger partial charge in [-0.15, -0.1) is 0 Å². The first-order valence-electron chi connectivity index (χ1n) is 5.64. The summed E-state index contributed by atoms with van der Waals surface area (Å²) in [5.41, 5.74) is 4.79. The second kappa shape index (κ2) is 4.82. The average Bonchev–Trinajstić information content (AvgIpc) is 2.61. The van der Waals surface area contributed by atoms with E-state index in [0.717, 1.165) is 0 Å². The maximum absolute atomic E-state index is 12.0. The molecule has 5 heteroatoms. The van der Waals surface area contributed by atoms with Gasteiger partial charge in [0.15, 0.2) is 0 Å². The Balaban J connectivity index is 2.59. The Kier molecular flexibility index (Phi) is 3.91. The van der Waals surface area contributed by atoms with Crippen molar-refractivity contribution in [3.63, 3.8) is 0 Å². The molecule has 1 aliphatic heterocycles. The molecule has 92 valence electrons. The minimum Gasteiger partial charge on any atom is -0.369 e. The van der Waals surface area contributed by atoms with E-state index in [1.54, 1.807) is 4.90 Å². The third-order valence-electron chi connectivity index (χ3n) is 3.31. The SMILES string of the molecule is CNCC(C)C(=O)N1CCC(C)(C(N)=O)C1. The van der Waals surface area contributed by atoms with Crippen molar-refractivity contribution in [3.05, 3.63) is 0 Å². The third kappa shape index (κ3) is 2.52. The number of amides is 2. The van der Waals surface area contributed by atoms with E-state index in [2.05, 4.69) is 5.32 Å². The molecule has 1 fully saturated rings. The van der Waals surface area contributed by atoms with E-state index >= 15 is 0 Å². The Bertz CT molecular complexity index is 293. The summed E-state index contributed by atoms with van der Waals surface area (Å²) in [6.45, 7) is 5.45. The molecule has 0 radical (unpaired) electrons. The number of nitrogens with zero attached hydrogens (tertiary/aromatic N) is 1. The lowest BCUT2D eigenvalue weighted by atomic mass is 9.89.